The number of rotatable bonds is 3. The molecule has 0 aliphatic carbocycles. The lowest BCUT2D eigenvalue weighted by molar-refractivity contribution is -0.114. The van der Waals surface area contributed by atoms with Gasteiger partial charge in [-0.15, -0.1) is 0 Å². The van der Waals surface area contributed by atoms with Crippen molar-refractivity contribution in [2.75, 3.05) is 4.90 Å². The Morgan fingerprint density at radius 1 is 1.24 bits per heavy atom. The van der Waals surface area contributed by atoms with Crippen molar-refractivity contribution in [2.24, 2.45) is 0 Å². The van der Waals surface area contributed by atoms with Gasteiger partial charge in [0.1, 0.15) is 18.2 Å². The third kappa shape index (κ3) is 1.99. The number of Topliss-reactive ketones (excluding diaryl/α,β-unsaturated/α-hetero) is 1. The zero-order chi connectivity index (χ0) is 15.1. The summed E-state index contributed by atoms with van der Waals surface area (Å²) in [5.41, 5.74) is -0.948. The molecule has 0 radical (unpaired) electrons. The fraction of sp³-hybridized carbons (Fsp3) is 0.231. The van der Waals surface area contributed by atoms with E-state index in [2.05, 4.69) is 10.1 Å². The number of ketones is 1. The van der Waals surface area contributed by atoms with Gasteiger partial charge in [0.2, 0.25) is 5.89 Å². The monoisotopic (exact) mass is 293 g/mol. The van der Waals surface area contributed by atoms with Crippen LogP contribution < -0.4 is 4.90 Å². The first-order valence-corrected chi connectivity index (χ1v) is 6.18. The van der Waals surface area contributed by atoms with E-state index in [1.165, 1.54) is 0 Å². The molecule has 0 bridgehead atoms. The van der Waals surface area contributed by atoms with Crippen molar-refractivity contribution in [3.63, 3.8) is 0 Å². The molecule has 3 rings (SSSR count). The first-order chi connectivity index (χ1) is 10.0. The van der Waals surface area contributed by atoms with E-state index in [9.17, 15) is 18.4 Å². The summed E-state index contributed by atoms with van der Waals surface area (Å²) < 4.78 is 32.4. The van der Waals surface area contributed by atoms with Crippen molar-refractivity contribution in [3.05, 3.63) is 41.0 Å². The number of hydrogen-bond acceptors (Lipinski definition) is 5. The van der Waals surface area contributed by atoms with Gasteiger partial charge in [-0.1, -0.05) is 12.1 Å². The SMILES string of the molecule is CCc1noc(CN2C(=O)C(=O)c3c(F)ccc(F)c32)n1. The molecule has 1 aromatic carbocycles. The Kier molecular flexibility index (Phi) is 3.00. The summed E-state index contributed by atoms with van der Waals surface area (Å²) in [6, 6.07) is 1.67. The number of hydrogen-bond donors (Lipinski definition) is 0. The first kappa shape index (κ1) is 13.3. The summed E-state index contributed by atoms with van der Waals surface area (Å²) >= 11 is 0. The van der Waals surface area contributed by atoms with Crippen LogP contribution >= 0.6 is 0 Å². The van der Waals surface area contributed by atoms with Crippen LogP contribution in [0.15, 0.2) is 16.7 Å². The zero-order valence-electron chi connectivity index (χ0n) is 10.9. The summed E-state index contributed by atoms with van der Waals surface area (Å²) in [6.45, 7) is 1.52. The molecule has 1 aliphatic rings. The van der Waals surface area contributed by atoms with E-state index in [-0.39, 0.29) is 18.1 Å². The maximum atomic E-state index is 13.9. The molecule has 2 heterocycles. The second kappa shape index (κ2) is 4.72. The number of aryl methyl sites for hydroxylation is 1. The summed E-state index contributed by atoms with van der Waals surface area (Å²) in [5.74, 6) is -3.44. The topological polar surface area (TPSA) is 76.3 Å². The van der Waals surface area contributed by atoms with Crippen LogP contribution in [0.2, 0.25) is 0 Å². The van der Waals surface area contributed by atoms with Gasteiger partial charge in [0.05, 0.1) is 11.3 Å². The number of carbonyl (C=O) groups excluding carboxylic acids is 2. The third-order valence-electron chi connectivity index (χ3n) is 3.13. The van der Waals surface area contributed by atoms with Crippen molar-refractivity contribution >= 4 is 17.4 Å². The molecule has 6 nitrogen and oxygen atoms in total. The molecule has 0 saturated carbocycles. The summed E-state index contributed by atoms with van der Waals surface area (Å²) in [7, 11) is 0. The standard InChI is InChI=1S/C13H9F2N3O3/c1-2-8-16-9(21-17-8)5-18-11-7(15)4-3-6(14)10(11)12(19)13(18)20/h3-4H,2,5H2,1H3. The average molecular weight is 293 g/mol. The number of benzene rings is 1. The van der Waals surface area contributed by atoms with Crippen molar-refractivity contribution in [2.45, 2.75) is 19.9 Å². The Labute approximate surface area is 117 Å². The molecule has 0 spiro atoms. The second-order valence-corrected chi connectivity index (χ2v) is 4.43. The van der Waals surface area contributed by atoms with Crippen LogP contribution in [0.5, 0.6) is 0 Å². The molecule has 0 atom stereocenters. The predicted molar refractivity (Wildman–Crippen MR) is 65.6 cm³/mol. The molecule has 108 valence electrons. The fourth-order valence-electron chi connectivity index (χ4n) is 2.14. The number of anilines is 1. The lowest BCUT2D eigenvalue weighted by atomic mass is 10.1. The molecule has 2 aromatic rings. The minimum Gasteiger partial charge on any atom is -0.337 e. The van der Waals surface area contributed by atoms with Crippen LogP contribution in [0.1, 0.15) is 29.0 Å². The van der Waals surface area contributed by atoms with E-state index in [0.717, 1.165) is 17.0 Å². The van der Waals surface area contributed by atoms with Crippen LogP contribution in [-0.4, -0.2) is 21.8 Å². The molecule has 0 unspecified atom stereocenters. The number of amides is 1. The van der Waals surface area contributed by atoms with E-state index in [1.807, 2.05) is 6.92 Å². The van der Waals surface area contributed by atoms with Crippen LogP contribution in [-0.2, 0) is 17.8 Å². The molecule has 0 N–H and O–H groups in total. The van der Waals surface area contributed by atoms with Gasteiger partial charge in [-0.25, -0.2) is 8.78 Å². The third-order valence-corrected chi connectivity index (χ3v) is 3.13. The van der Waals surface area contributed by atoms with Gasteiger partial charge in [0.15, 0.2) is 5.82 Å². The van der Waals surface area contributed by atoms with Crippen molar-refractivity contribution in [1.29, 1.82) is 0 Å². The maximum Gasteiger partial charge on any atom is 0.300 e. The van der Waals surface area contributed by atoms with Crippen LogP contribution in [0.3, 0.4) is 0 Å². The molecule has 8 heteroatoms. The minimum atomic E-state index is -1.09. The molecule has 0 fully saturated rings. The Balaban J connectivity index is 2.03. The Bertz CT molecular complexity index is 757. The lowest BCUT2D eigenvalue weighted by Crippen LogP contribution is -2.29. The van der Waals surface area contributed by atoms with Gasteiger partial charge in [0.25, 0.3) is 11.7 Å². The highest BCUT2D eigenvalue weighted by Crippen LogP contribution is 2.34. The Morgan fingerprint density at radius 2 is 1.95 bits per heavy atom. The van der Waals surface area contributed by atoms with Crippen LogP contribution in [0.4, 0.5) is 14.5 Å². The largest absolute Gasteiger partial charge is 0.337 e. The van der Waals surface area contributed by atoms with E-state index in [4.69, 9.17) is 4.52 Å². The van der Waals surface area contributed by atoms with Gasteiger partial charge >= 0.3 is 0 Å². The van der Waals surface area contributed by atoms with Gasteiger partial charge in [-0.2, -0.15) is 4.98 Å². The molecule has 0 saturated heterocycles. The molecular formula is C13H9F2N3O3. The van der Waals surface area contributed by atoms with Crippen molar-refractivity contribution < 1.29 is 22.9 Å². The summed E-state index contributed by atoms with van der Waals surface area (Å²) in [6.07, 6.45) is 0.524. The number of aromatic nitrogens is 2. The maximum absolute atomic E-state index is 13.9. The Morgan fingerprint density at radius 3 is 2.62 bits per heavy atom. The molecular weight excluding hydrogens is 284 g/mol. The smallest absolute Gasteiger partial charge is 0.300 e. The van der Waals surface area contributed by atoms with Crippen molar-refractivity contribution in [3.8, 4) is 0 Å². The average Bonchev–Trinajstić information content (AvgIpc) is 3.02. The normalized spacial score (nSPS) is 14.0. The van der Waals surface area contributed by atoms with Gasteiger partial charge in [0, 0.05) is 6.42 Å². The quantitative estimate of drug-likeness (QED) is 0.804. The highest BCUT2D eigenvalue weighted by atomic mass is 19.1. The van der Waals surface area contributed by atoms with Gasteiger partial charge in [-0.3, -0.25) is 14.5 Å². The summed E-state index contributed by atoms with van der Waals surface area (Å²) in [4.78, 5) is 28.5. The van der Waals surface area contributed by atoms with Crippen molar-refractivity contribution in [1.82, 2.24) is 10.1 Å². The van der Waals surface area contributed by atoms with Crippen LogP contribution in [0, 0.1) is 11.6 Å². The lowest BCUT2D eigenvalue weighted by Gasteiger charge is -2.14. The number of carbonyl (C=O) groups is 2. The molecule has 1 aliphatic heterocycles. The van der Waals surface area contributed by atoms with Crippen LogP contribution in [0.25, 0.3) is 0 Å². The predicted octanol–water partition coefficient (Wildman–Crippen LogP) is 1.64. The van der Waals surface area contributed by atoms with Gasteiger partial charge in [-0.05, 0) is 12.1 Å². The fourth-order valence-corrected chi connectivity index (χ4v) is 2.14. The van der Waals surface area contributed by atoms with E-state index >= 15 is 0 Å². The Hall–Kier alpha value is -2.64. The molecule has 21 heavy (non-hydrogen) atoms. The minimum absolute atomic E-state index is 0.0458. The number of fused-ring (bicyclic) bond motifs is 1. The highest BCUT2D eigenvalue weighted by molar-refractivity contribution is 6.52. The highest BCUT2D eigenvalue weighted by Gasteiger charge is 2.41. The summed E-state index contributed by atoms with van der Waals surface area (Å²) in [5, 5.41) is 3.64. The number of halogens is 2. The van der Waals surface area contributed by atoms with Gasteiger partial charge < -0.3 is 4.52 Å². The molecule has 1 amide bonds. The van der Waals surface area contributed by atoms with E-state index in [0.29, 0.717) is 12.2 Å². The van der Waals surface area contributed by atoms with E-state index in [1.54, 1.807) is 0 Å². The van der Waals surface area contributed by atoms with E-state index < -0.39 is 28.9 Å². The second-order valence-electron chi connectivity index (χ2n) is 4.43. The number of nitrogens with zero attached hydrogens (tertiary/aromatic N) is 3. The molecule has 1 aromatic heterocycles. The first-order valence-electron chi connectivity index (χ1n) is 6.18. The zero-order valence-corrected chi connectivity index (χ0v) is 10.9.